The zero-order valence-electron chi connectivity index (χ0n) is 35.0. The van der Waals surface area contributed by atoms with Gasteiger partial charge in [-0.05, 0) is 48.6 Å². The van der Waals surface area contributed by atoms with Crippen molar-refractivity contribution in [2.45, 2.75) is 213 Å². The number of thiocarbonyl (C=S) groups is 1. The van der Waals surface area contributed by atoms with Crippen molar-refractivity contribution in [3.63, 3.8) is 0 Å². The van der Waals surface area contributed by atoms with Gasteiger partial charge in [-0.1, -0.05) is 243 Å². The van der Waals surface area contributed by atoms with Crippen LogP contribution in [0.1, 0.15) is 224 Å². The van der Waals surface area contributed by atoms with Gasteiger partial charge in [0, 0.05) is 10.4 Å². The van der Waals surface area contributed by atoms with Gasteiger partial charge >= 0.3 is 0 Å². The third-order valence-electron chi connectivity index (χ3n) is 10.7. The molecule has 0 aromatic heterocycles. The highest BCUT2D eigenvalue weighted by Crippen LogP contribution is 2.33. The van der Waals surface area contributed by atoms with Crippen LogP contribution < -0.4 is 9.47 Å². The van der Waals surface area contributed by atoms with Crippen molar-refractivity contribution < 1.29 is 9.47 Å². The minimum absolute atomic E-state index is 0.767. The molecule has 2 aromatic rings. The second-order valence-corrected chi connectivity index (χ2v) is 16.1. The zero-order valence-corrected chi connectivity index (χ0v) is 35.9. The molecule has 0 saturated carbocycles. The van der Waals surface area contributed by atoms with Crippen molar-refractivity contribution in [1.82, 2.24) is 0 Å². The molecule has 0 aliphatic carbocycles. The van der Waals surface area contributed by atoms with Crippen LogP contribution in [-0.2, 0) is 6.42 Å². The van der Waals surface area contributed by atoms with Gasteiger partial charge in [0.15, 0.2) is 0 Å². The number of rotatable bonds is 37. The molecule has 0 spiro atoms. The van der Waals surface area contributed by atoms with E-state index in [9.17, 15) is 0 Å². The maximum absolute atomic E-state index is 6.55. The highest BCUT2D eigenvalue weighted by atomic mass is 32.1. The highest BCUT2D eigenvalue weighted by Gasteiger charge is 2.13. The molecule has 2 nitrogen and oxygen atoms in total. The average molecular weight is 747 g/mol. The molecule has 0 bridgehead atoms. The Bertz CT molecular complexity index is 1100. The van der Waals surface area contributed by atoms with Gasteiger partial charge in [-0.2, -0.15) is 0 Å². The number of unbranched alkanes of at least 4 members (excludes halogenated alkanes) is 26. The highest BCUT2D eigenvalue weighted by molar-refractivity contribution is 7.81. The smallest absolute Gasteiger partial charge is 0.126 e. The molecular weight excluding hydrogens is 665 g/mol. The summed E-state index contributed by atoms with van der Waals surface area (Å²) in [7, 11) is 0. The monoisotopic (exact) mass is 747 g/mol. The summed E-state index contributed by atoms with van der Waals surface area (Å²) in [5, 5.41) is 0. The summed E-state index contributed by atoms with van der Waals surface area (Å²) >= 11 is 5.75. The van der Waals surface area contributed by atoms with Crippen molar-refractivity contribution in [1.29, 1.82) is 0 Å². The lowest BCUT2D eigenvalue weighted by Crippen LogP contribution is -2.05. The number of hydrogen-bond donors (Lipinski definition) is 0. The molecule has 0 fully saturated rings. The summed E-state index contributed by atoms with van der Waals surface area (Å²) < 4.78 is 13.1. The normalized spacial score (nSPS) is 11.5. The molecule has 0 atom stereocenters. The molecule has 0 N–H and O–H groups in total. The van der Waals surface area contributed by atoms with Gasteiger partial charge in [-0.15, -0.1) is 0 Å². The van der Waals surface area contributed by atoms with Crippen molar-refractivity contribution >= 4 is 23.2 Å². The lowest BCUT2D eigenvalue weighted by atomic mass is 10.0. The van der Waals surface area contributed by atoms with Crippen LogP contribution in [0.15, 0.2) is 48.5 Å². The van der Waals surface area contributed by atoms with Gasteiger partial charge in [-0.25, -0.2) is 0 Å². The van der Waals surface area contributed by atoms with Gasteiger partial charge in [-0.3, -0.25) is 0 Å². The van der Waals surface area contributed by atoms with Crippen molar-refractivity contribution in [3.05, 3.63) is 65.2 Å². The van der Waals surface area contributed by atoms with Crippen molar-refractivity contribution in [3.8, 4) is 11.5 Å². The van der Waals surface area contributed by atoms with E-state index in [1.165, 1.54) is 173 Å². The number of ether oxygens (including phenoxy) is 2. The van der Waals surface area contributed by atoms with Gasteiger partial charge in [0.25, 0.3) is 0 Å². The maximum atomic E-state index is 6.55. The zero-order chi connectivity index (χ0) is 37.9. The van der Waals surface area contributed by atoms with Crippen LogP contribution in [-0.4, -0.2) is 18.1 Å². The molecular formula is C50H82O2S. The molecule has 2 aromatic carbocycles. The van der Waals surface area contributed by atoms with Crippen LogP contribution in [0.4, 0.5) is 0 Å². The van der Waals surface area contributed by atoms with Gasteiger partial charge in [0.05, 0.1) is 13.2 Å². The van der Waals surface area contributed by atoms with Crippen LogP contribution in [0, 0.1) is 0 Å². The fraction of sp³-hybridized carbons (Fsp3) is 0.700. The van der Waals surface area contributed by atoms with Crippen LogP contribution in [0.5, 0.6) is 11.5 Å². The van der Waals surface area contributed by atoms with E-state index in [2.05, 4.69) is 51.1 Å². The molecule has 0 amide bonds. The van der Waals surface area contributed by atoms with Crippen LogP contribution in [0.2, 0.25) is 0 Å². The first kappa shape index (κ1) is 47.0. The Balaban J connectivity index is 1.79. The SMILES string of the molecule is CCCCCCCCCCCCCCCCOc1cc(C=CC(=S)c2ccccc2)cc(OCCCCCCCCCCCCCCCC)c1CCC. The fourth-order valence-corrected chi connectivity index (χ4v) is 7.52. The first-order valence-electron chi connectivity index (χ1n) is 22.9. The van der Waals surface area contributed by atoms with Gasteiger partial charge in [0.2, 0.25) is 0 Å². The summed E-state index contributed by atoms with van der Waals surface area (Å²) in [5.74, 6) is 1.98. The Kier molecular flexibility index (Phi) is 30.5. The molecule has 53 heavy (non-hydrogen) atoms. The molecule has 0 aliphatic rings. The minimum Gasteiger partial charge on any atom is -0.493 e. The van der Waals surface area contributed by atoms with E-state index in [0.717, 1.165) is 66.4 Å². The topological polar surface area (TPSA) is 18.5 Å². The molecule has 0 radical (unpaired) electrons. The first-order chi connectivity index (χ1) is 26.2. The number of hydrogen-bond acceptors (Lipinski definition) is 3. The standard InChI is InChI=1S/C50H82O2S/c1-4-7-9-11-13-15-17-19-21-23-25-27-29-34-41-51-48-43-45(39-40-50(53)46-37-32-31-33-38-46)44-49(47(48)36-6-3)52-42-35-30-28-26-24-22-20-18-16-14-12-10-8-5-2/h31-33,37-40,43-44H,4-30,34-36,41-42H2,1-3H3. The van der Waals surface area contributed by atoms with Crippen LogP contribution in [0.3, 0.4) is 0 Å². The van der Waals surface area contributed by atoms with E-state index < -0.39 is 0 Å². The number of allylic oxidation sites excluding steroid dienone is 1. The third kappa shape index (κ3) is 24.8. The van der Waals surface area contributed by atoms with E-state index in [1.54, 1.807) is 0 Å². The number of benzene rings is 2. The third-order valence-corrected chi connectivity index (χ3v) is 11.1. The first-order valence-corrected chi connectivity index (χ1v) is 23.3. The van der Waals surface area contributed by atoms with E-state index >= 15 is 0 Å². The predicted molar refractivity (Wildman–Crippen MR) is 239 cm³/mol. The maximum Gasteiger partial charge on any atom is 0.126 e. The molecule has 300 valence electrons. The Morgan fingerprint density at radius 1 is 0.472 bits per heavy atom. The second-order valence-electron chi connectivity index (χ2n) is 15.7. The molecule has 0 saturated heterocycles. The fourth-order valence-electron chi connectivity index (χ4n) is 7.32. The minimum atomic E-state index is 0.767. The molecule has 3 heteroatoms. The van der Waals surface area contributed by atoms with Crippen molar-refractivity contribution in [2.75, 3.05) is 13.2 Å². The molecule has 0 unspecified atom stereocenters. The molecule has 0 aliphatic heterocycles. The Morgan fingerprint density at radius 3 is 1.19 bits per heavy atom. The molecule has 2 rings (SSSR count). The van der Waals surface area contributed by atoms with Gasteiger partial charge < -0.3 is 9.47 Å². The second kappa shape index (κ2) is 34.4. The quantitative estimate of drug-likeness (QED) is 0.0297. The van der Waals surface area contributed by atoms with E-state index in [1.807, 2.05) is 24.3 Å². The average Bonchev–Trinajstić information content (AvgIpc) is 3.18. The van der Waals surface area contributed by atoms with E-state index in [0.29, 0.717) is 0 Å². The predicted octanol–water partition coefficient (Wildman–Crippen LogP) is 16.8. The summed E-state index contributed by atoms with van der Waals surface area (Å²) in [6.07, 6.45) is 44.5. The van der Waals surface area contributed by atoms with Crippen LogP contribution in [0.25, 0.3) is 6.08 Å². The van der Waals surface area contributed by atoms with E-state index in [4.69, 9.17) is 21.7 Å². The largest absolute Gasteiger partial charge is 0.493 e. The van der Waals surface area contributed by atoms with Crippen LogP contribution >= 0.6 is 12.2 Å². The lowest BCUT2D eigenvalue weighted by molar-refractivity contribution is 0.284. The lowest BCUT2D eigenvalue weighted by Gasteiger charge is -2.18. The van der Waals surface area contributed by atoms with Gasteiger partial charge in [0.1, 0.15) is 11.5 Å². The van der Waals surface area contributed by atoms with E-state index in [-0.39, 0.29) is 0 Å². The summed E-state index contributed by atoms with van der Waals surface area (Å²) in [6.45, 7) is 8.38. The molecule has 0 heterocycles. The summed E-state index contributed by atoms with van der Waals surface area (Å²) in [5.41, 5.74) is 3.39. The summed E-state index contributed by atoms with van der Waals surface area (Å²) in [4.78, 5) is 0.845. The Labute approximate surface area is 334 Å². The Hall–Kier alpha value is -2.13. The van der Waals surface area contributed by atoms with Crippen molar-refractivity contribution in [2.24, 2.45) is 0 Å². The Morgan fingerprint density at radius 2 is 0.830 bits per heavy atom. The summed E-state index contributed by atoms with van der Waals surface area (Å²) in [6, 6.07) is 14.7.